The van der Waals surface area contributed by atoms with E-state index in [0.717, 1.165) is 11.3 Å². The Hall–Kier alpha value is -2.36. The minimum atomic E-state index is 1.04. The molecule has 0 saturated heterocycles. The van der Waals surface area contributed by atoms with Gasteiger partial charge in [0.15, 0.2) is 12.4 Å². The minimum Gasteiger partial charge on any atom is -0.371 e. The number of pyridine rings is 1. The van der Waals surface area contributed by atoms with E-state index in [9.17, 15) is 0 Å². The summed E-state index contributed by atoms with van der Waals surface area (Å²) in [6.07, 6.45) is 9.04. The van der Waals surface area contributed by atoms with Gasteiger partial charge in [-0.2, -0.15) is 5.10 Å². The van der Waals surface area contributed by atoms with Crippen LogP contribution in [0.3, 0.4) is 0 Å². The fourth-order valence-corrected chi connectivity index (χ4v) is 4.05. The fourth-order valence-electron chi connectivity index (χ4n) is 4.05. The van der Waals surface area contributed by atoms with Gasteiger partial charge in [-0.1, -0.05) is 0 Å². The molecule has 0 spiro atoms. The number of anilines is 2. The van der Waals surface area contributed by atoms with Crippen LogP contribution < -0.4 is 14.5 Å². The zero-order valence-electron chi connectivity index (χ0n) is 15.5. The van der Waals surface area contributed by atoms with Gasteiger partial charge in [0.1, 0.15) is 7.05 Å². The van der Waals surface area contributed by atoms with Crippen LogP contribution in [0.4, 0.5) is 11.4 Å². The topological polar surface area (TPSA) is 22.7 Å². The van der Waals surface area contributed by atoms with Crippen LogP contribution in [0.2, 0.25) is 0 Å². The summed E-state index contributed by atoms with van der Waals surface area (Å²) in [4.78, 5) is 2.58. The van der Waals surface area contributed by atoms with Crippen molar-refractivity contribution in [1.82, 2.24) is 0 Å². The number of hydrogen-bond acceptors (Lipinski definition) is 3. The summed E-state index contributed by atoms with van der Waals surface area (Å²) in [5.41, 5.74) is 7.94. The highest BCUT2D eigenvalue weighted by Crippen LogP contribution is 2.38. The van der Waals surface area contributed by atoms with Gasteiger partial charge in [0.25, 0.3) is 0 Å². The lowest BCUT2D eigenvalue weighted by Crippen LogP contribution is -2.34. The van der Waals surface area contributed by atoms with Crippen molar-refractivity contribution in [2.45, 2.75) is 32.6 Å². The molecule has 130 valence electrons. The monoisotopic (exact) mass is 335 g/mol. The molecule has 25 heavy (non-hydrogen) atoms. The fraction of sp³-hybridized carbons (Fsp3) is 0.429. The summed E-state index contributed by atoms with van der Waals surface area (Å²) >= 11 is 0. The Bertz CT molecular complexity index is 776. The van der Waals surface area contributed by atoms with Crippen molar-refractivity contribution in [3.05, 3.63) is 53.3 Å². The number of rotatable bonds is 3. The second-order valence-electron chi connectivity index (χ2n) is 7.27. The van der Waals surface area contributed by atoms with E-state index in [1.807, 2.05) is 16.6 Å². The molecule has 3 heterocycles. The molecule has 0 atom stereocenters. The normalized spacial score (nSPS) is 16.6. The highest BCUT2D eigenvalue weighted by Gasteiger charge is 2.24. The van der Waals surface area contributed by atoms with Crippen LogP contribution in [0.5, 0.6) is 0 Å². The molecule has 0 bridgehead atoms. The van der Waals surface area contributed by atoms with Gasteiger partial charge in [-0.25, -0.2) is 4.57 Å². The lowest BCUT2D eigenvalue weighted by molar-refractivity contribution is -0.671. The molecule has 0 aliphatic carbocycles. The van der Waals surface area contributed by atoms with Gasteiger partial charge < -0.3 is 4.90 Å². The molecule has 0 fully saturated rings. The Morgan fingerprint density at radius 1 is 1.08 bits per heavy atom. The van der Waals surface area contributed by atoms with Gasteiger partial charge in [0, 0.05) is 43.5 Å². The zero-order chi connectivity index (χ0) is 17.4. The summed E-state index contributed by atoms with van der Waals surface area (Å²) < 4.78 is 2.04. The predicted octanol–water partition coefficient (Wildman–Crippen LogP) is 3.07. The van der Waals surface area contributed by atoms with Gasteiger partial charge in [-0.15, -0.1) is 0 Å². The van der Waals surface area contributed by atoms with Gasteiger partial charge in [0.05, 0.1) is 11.4 Å². The van der Waals surface area contributed by atoms with Crippen LogP contribution in [0.1, 0.15) is 36.5 Å². The number of nitrogens with zero attached hydrogens (tertiary/aromatic N) is 4. The molecular weight excluding hydrogens is 308 g/mol. The molecule has 2 aliphatic rings. The van der Waals surface area contributed by atoms with Gasteiger partial charge in [0.2, 0.25) is 0 Å². The van der Waals surface area contributed by atoms with Crippen LogP contribution in [0, 0.1) is 0 Å². The van der Waals surface area contributed by atoms with Gasteiger partial charge in [-0.05, 0) is 55.9 Å². The molecule has 4 nitrogen and oxygen atoms in total. The lowest BCUT2D eigenvalue weighted by Gasteiger charge is -2.37. The third-order valence-electron chi connectivity index (χ3n) is 5.39. The number of aromatic nitrogens is 1. The Balaban J connectivity index is 1.65. The van der Waals surface area contributed by atoms with E-state index in [4.69, 9.17) is 5.10 Å². The van der Waals surface area contributed by atoms with E-state index in [1.54, 1.807) is 0 Å². The first kappa shape index (κ1) is 16.1. The standard InChI is InChI=1S/C21H27N4/c1-16(17-8-12-23(2)13-9-17)22-24(3)20-14-18-6-4-10-25-11-5-7-19(15-20)21(18)25/h8-9,12-15H,4-7,10-11H2,1-3H3/q+1. The highest BCUT2D eigenvalue weighted by atomic mass is 15.4. The van der Waals surface area contributed by atoms with Crippen molar-refractivity contribution in [2.75, 3.05) is 30.0 Å². The van der Waals surface area contributed by atoms with Crippen LogP contribution in [-0.4, -0.2) is 25.8 Å². The average molecular weight is 335 g/mol. The molecule has 0 unspecified atom stereocenters. The largest absolute Gasteiger partial charge is 0.371 e. The van der Waals surface area contributed by atoms with Crippen LogP contribution in [0.25, 0.3) is 0 Å². The van der Waals surface area contributed by atoms with Crippen molar-refractivity contribution in [3.8, 4) is 0 Å². The molecular formula is C21H27N4+. The van der Waals surface area contributed by atoms with E-state index < -0.39 is 0 Å². The quantitative estimate of drug-likeness (QED) is 0.489. The second kappa shape index (κ2) is 6.51. The smallest absolute Gasteiger partial charge is 0.169 e. The Labute approximate surface area is 150 Å². The number of benzene rings is 1. The van der Waals surface area contributed by atoms with E-state index in [2.05, 4.69) is 55.5 Å². The SMILES string of the molecule is CC(=NN(C)c1cc2c3c(c1)CCCN3CCC2)c1cc[n+](C)cc1. The number of hydrazone groups is 1. The summed E-state index contributed by atoms with van der Waals surface area (Å²) in [7, 11) is 4.09. The molecule has 1 aromatic carbocycles. The Kier molecular flexibility index (Phi) is 4.20. The van der Waals surface area contributed by atoms with Crippen LogP contribution in [-0.2, 0) is 19.9 Å². The Morgan fingerprint density at radius 2 is 1.68 bits per heavy atom. The van der Waals surface area contributed by atoms with Crippen molar-refractivity contribution < 1.29 is 4.57 Å². The first-order valence-electron chi connectivity index (χ1n) is 9.27. The molecule has 0 saturated carbocycles. The van der Waals surface area contributed by atoms with Crippen LogP contribution >= 0.6 is 0 Å². The van der Waals surface area contributed by atoms with Crippen LogP contribution in [0.15, 0.2) is 41.8 Å². The van der Waals surface area contributed by atoms with Crippen molar-refractivity contribution >= 4 is 17.1 Å². The molecule has 0 radical (unpaired) electrons. The maximum Gasteiger partial charge on any atom is 0.169 e. The molecule has 4 heteroatoms. The van der Waals surface area contributed by atoms with Gasteiger partial charge >= 0.3 is 0 Å². The Morgan fingerprint density at radius 3 is 2.28 bits per heavy atom. The maximum atomic E-state index is 4.84. The summed E-state index contributed by atoms with van der Waals surface area (Å²) in [5, 5.41) is 6.87. The average Bonchev–Trinajstić information content (AvgIpc) is 2.62. The molecule has 2 aromatic rings. The minimum absolute atomic E-state index is 1.04. The highest BCUT2D eigenvalue weighted by molar-refractivity contribution is 5.99. The third-order valence-corrected chi connectivity index (χ3v) is 5.39. The molecule has 4 rings (SSSR count). The number of aryl methyl sites for hydroxylation is 3. The zero-order valence-corrected chi connectivity index (χ0v) is 15.5. The van der Waals surface area contributed by atoms with E-state index in [1.165, 1.54) is 61.3 Å². The first-order valence-corrected chi connectivity index (χ1v) is 9.27. The lowest BCUT2D eigenvalue weighted by atomic mass is 9.91. The predicted molar refractivity (Wildman–Crippen MR) is 104 cm³/mol. The maximum absolute atomic E-state index is 4.84. The molecule has 1 aromatic heterocycles. The third kappa shape index (κ3) is 3.13. The molecule has 0 N–H and O–H groups in total. The van der Waals surface area contributed by atoms with E-state index >= 15 is 0 Å². The van der Waals surface area contributed by atoms with Crippen molar-refractivity contribution in [3.63, 3.8) is 0 Å². The first-order chi connectivity index (χ1) is 12.1. The second-order valence-corrected chi connectivity index (χ2v) is 7.27. The summed E-state index contributed by atoms with van der Waals surface area (Å²) in [5.74, 6) is 0. The van der Waals surface area contributed by atoms with Crippen molar-refractivity contribution in [2.24, 2.45) is 12.1 Å². The summed E-state index contributed by atoms with van der Waals surface area (Å²) in [6.45, 7) is 4.52. The molecule has 2 aliphatic heterocycles. The van der Waals surface area contributed by atoms with Crippen molar-refractivity contribution in [1.29, 1.82) is 0 Å². The van der Waals surface area contributed by atoms with E-state index in [0.29, 0.717) is 0 Å². The van der Waals surface area contributed by atoms with Gasteiger partial charge in [-0.3, -0.25) is 5.01 Å². The molecule has 0 amide bonds. The number of hydrogen-bond donors (Lipinski definition) is 0. The summed E-state index contributed by atoms with van der Waals surface area (Å²) in [6, 6.07) is 8.92. The van der Waals surface area contributed by atoms with E-state index in [-0.39, 0.29) is 0 Å².